The normalized spacial score (nSPS) is 26.4. The van der Waals surface area contributed by atoms with E-state index < -0.39 is 0 Å². The van der Waals surface area contributed by atoms with Crippen LogP contribution in [0.5, 0.6) is 0 Å². The second-order valence-corrected chi connectivity index (χ2v) is 6.57. The van der Waals surface area contributed by atoms with Crippen molar-refractivity contribution in [1.82, 2.24) is 10.2 Å². The van der Waals surface area contributed by atoms with Crippen molar-refractivity contribution in [2.45, 2.75) is 31.7 Å². The van der Waals surface area contributed by atoms with Crippen molar-refractivity contribution in [3.05, 3.63) is 0 Å². The van der Waals surface area contributed by atoms with Gasteiger partial charge in [0, 0.05) is 58.5 Å². The third-order valence-electron chi connectivity index (χ3n) is 4.53. The first-order valence-corrected chi connectivity index (χ1v) is 8.29. The number of hydrogen-bond acceptors (Lipinski definition) is 5. The second kappa shape index (κ2) is 9.06. The molecule has 0 aromatic heterocycles. The molecular weight excluding hydrogens is 268 g/mol. The minimum Gasteiger partial charge on any atom is -0.383 e. The highest BCUT2D eigenvalue weighted by Gasteiger charge is 2.36. The minimum atomic E-state index is 0.252. The van der Waals surface area contributed by atoms with E-state index in [-0.39, 0.29) is 5.41 Å². The van der Waals surface area contributed by atoms with Crippen molar-refractivity contribution in [2.75, 3.05) is 66.8 Å². The molecule has 1 unspecified atom stereocenters. The fourth-order valence-corrected chi connectivity index (χ4v) is 3.06. The molecule has 0 spiro atoms. The van der Waals surface area contributed by atoms with Gasteiger partial charge in [-0.1, -0.05) is 0 Å². The van der Waals surface area contributed by atoms with Gasteiger partial charge in [-0.2, -0.15) is 0 Å². The molecule has 5 nitrogen and oxygen atoms in total. The zero-order valence-electron chi connectivity index (χ0n) is 13.7. The fraction of sp³-hybridized carbons (Fsp3) is 1.00. The number of nitrogens with zero attached hydrogens (tertiary/aromatic N) is 1. The van der Waals surface area contributed by atoms with Crippen molar-refractivity contribution in [1.29, 1.82) is 0 Å². The van der Waals surface area contributed by atoms with E-state index in [1.807, 2.05) is 0 Å². The molecule has 1 atom stereocenters. The summed E-state index contributed by atoms with van der Waals surface area (Å²) in [4.78, 5) is 2.47. The lowest BCUT2D eigenvalue weighted by atomic mass is 9.81. The van der Waals surface area contributed by atoms with Gasteiger partial charge in [-0.15, -0.1) is 0 Å². The van der Waals surface area contributed by atoms with Gasteiger partial charge in [-0.25, -0.2) is 0 Å². The van der Waals surface area contributed by atoms with Crippen molar-refractivity contribution >= 4 is 0 Å². The highest BCUT2D eigenvalue weighted by molar-refractivity contribution is 4.91. The average molecular weight is 300 g/mol. The Morgan fingerprint density at radius 3 is 2.43 bits per heavy atom. The van der Waals surface area contributed by atoms with E-state index in [0.717, 1.165) is 58.6 Å². The maximum Gasteiger partial charge on any atom is 0.0589 e. The van der Waals surface area contributed by atoms with Crippen LogP contribution in [0.3, 0.4) is 0 Å². The Morgan fingerprint density at radius 1 is 1.19 bits per heavy atom. The minimum absolute atomic E-state index is 0.252. The maximum atomic E-state index is 5.82. The Kier molecular flexibility index (Phi) is 7.40. The highest BCUT2D eigenvalue weighted by atomic mass is 16.5. The number of ether oxygens (including phenoxy) is 3. The molecule has 1 N–H and O–H groups in total. The standard InChI is InChI=1S/C16H32N2O3/c1-19-10-7-18(8-11-20-2)13-16(6-3-9-21-14-16)12-17-15-4-5-15/h15,17H,3-14H2,1-2H3. The largest absolute Gasteiger partial charge is 0.383 e. The Balaban J connectivity index is 1.88. The van der Waals surface area contributed by atoms with Gasteiger partial charge in [0.2, 0.25) is 0 Å². The van der Waals surface area contributed by atoms with E-state index in [4.69, 9.17) is 14.2 Å². The van der Waals surface area contributed by atoms with Crippen molar-refractivity contribution < 1.29 is 14.2 Å². The third-order valence-corrected chi connectivity index (χ3v) is 4.53. The van der Waals surface area contributed by atoms with E-state index in [2.05, 4.69) is 10.2 Å². The molecule has 1 aliphatic carbocycles. The van der Waals surface area contributed by atoms with Crippen LogP contribution in [0.2, 0.25) is 0 Å². The molecule has 0 aromatic carbocycles. The molecule has 0 bridgehead atoms. The van der Waals surface area contributed by atoms with Crippen molar-refractivity contribution in [3.63, 3.8) is 0 Å². The lowest BCUT2D eigenvalue weighted by molar-refractivity contribution is -0.0319. The average Bonchev–Trinajstić information content (AvgIpc) is 3.33. The second-order valence-electron chi connectivity index (χ2n) is 6.57. The van der Waals surface area contributed by atoms with Crippen LogP contribution in [-0.2, 0) is 14.2 Å². The summed E-state index contributed by atoms with van der Waals surface area (Å²) in [5.74, 6) is 0. The van der Waals surface area contributed by atoms with E-state index in [9.17, 15) is 0 Å². The third kappa shape index (κ3) is 6.20. The Labute approximate surface area is 129 Å². The van der Waals surface area contributed by atoms with E-state index in [0.29, 0.717) is 0 Å². The zero-order chi connectivity index (χ0) is 15.0. The number of methoxy groups -OCH3 is 2. The van der Waals surface area contributed by atoms with Crippen molar-refractivity contribution in [2.24, 2.45) is 5.41 Å². The Hall–Kier alpha value is -0.200. The van der Waals surface area contributed by atoms with Gasteiger partial charge in [0.15, 0.2) is 0 Å². The molecule has 124 valence electrons. The maximum absolute atomic E-state index is 5.82. The molecule has 0 radical (unpaired) electrons. The van der Waals surface area contributed by atoms with Crippen LogP contribution in [0, 0.1) is 5.41 Å². The van der Waals surface area contributed by atoms with Crippen LogP contribution in [-0.4, -0.2) is 77.8 Å². The van der Waals surface area contributed by atoms with Crippen LogP contribution >= 0.6 is 0 Å². The molecule has 2 fully saturated rings. The lowest BCUT2D eigenvalue weighted by Gasteiger charge is -2.41. The molecule has 1 saturated carbocycles. The smallest absolute Gasteiger partial charge is 0.0589 e. The van der Waals surface area contributed by atoms with Crippen LogP contribution in [0.4, 0.5) is 0 Å². The number of nitrogens with one attached hydrogen (secondary N) is 1. The first-order chi connectivity index (χ1) is 10.3. The van der Waals surface area contributed by atoms with E-state index in [1.54, 1.807) is 14.2 Å². The van der Waals surface area contributed by atoms with E-state index in [1.165, 1.54) is 25.7 Å². The summed E-state index contributed by atoms with van der Waals surface area (Å²) in [6.45, 7) is 7.42. The monoisotopic (exact) mass is 300 g/mol. The van der Waals surface area contributed by atoms with Crippen molar-refractivity contribution in [3.8, 4) is 0 Å². The fourth-order valence-electron chi connectivity index (χ4n) is 3.06. The molecule has 21 heavy (non-hydrogen) atoms. The summed E-state index contributed by atoms with van der Waals surface area (Å²) in [5, 5.41) is 3.72. The first-order valence-electron chi connectivity index (χ1n) is 8.29. The summed E-state index contributed by atoms with van der Waals surface area (Å²) in [6, 6.07) is 0.759. The SMILES string of the molecule is COCCN(CCOC)CC1(CNC2CC2)CCCOC1. The number of hydrogen-bond donors (Lipinski definition) is 1. The first kappa shape index (κ1) is 17.2. The van der Waals surface area contributed by atoms with Gasteiger partial charge in [0.25, 0.3) is 0 Å². The van der Waals surface area contributed by atoms with Gasteiger partial charge < -0.3 is 19.5 Å². The highest BCUT2D eigenvalue weighted by Crippen LogP contribution is 2.31. The Bertz CT molecular complexity index is 271. The van der Waals surface area contributed by atoms with E-state index >= 15 is 0 Å². The van der Waals surface area contributed by atoms with Gasteiger partial charge >= 0.3 is 0 Å². The zero-order valence-corrected chi connectivity index (χ0v) is 13.7. The van der Waals surface area contributed by atoms with Crippen LogP contribution in [0.15, 0.2) is 0 Å². The molecule has 1 aliphatic heterocycles. The van der Waals surface area contributed by atoms with Gasteiger partial charge in [-0.3, -0.25) is 4.90 Å². The molecule has 0 amide bonds. The predicted molar refractivity (Wildman–Crippen MR) is 83.7 cm³/mol. The topological polar surface area (TPSA) is 43.0 Å². The molecular formula is C16H32N2O3. The van der Waals surface area contributed by atoms with Gasteiger partial charge in [0.1, 0.15) is 0 Å². The molecule has 1 heterocycles. The van der Waals surface area contributed by atoms with Gasteiger partial charge in [0.05, 0.1) is 19.8 Å². The molecule has 2 aliphatic rings. The van der Waals surface area contributed by atoms with Crippen LogP contribution in [0.1, 0.15) is 25.7 Å². The molecule has 2 rings (SSSR count). The summed E-state index contributed by atoms with van der Waals surface area (Å²) < 4.78 is 16.3. The lowest BCUT2D eigenvalue weighted by Crippen LogP contribution is -2.50. The summed E-state index contributed by atoms with van der Waals surface area (Å²) in [6.07, 6.45) is 5.11. The molecule has 0 aromatic rings. The predicted octanol–water partition coefficient (Wildman–Crippen LogP) is 1.13. The summed E-state index contributed by atoms with van der Waals surface area (Å²) >= 11 is 0. The Morgan fingerprint density at radius 2 is 1.90 bits per heavy atom. The van der Waals surface area contributed by atoms with Crippen LogP contribution in [0.25, 0.3) is 0 Å². The molecule has 5 heteroatoms. The van der Waals surface area contributed by atoms with Crippen LogP contribution < -0.4 is 5.32 Å². The summed E-state index contributed by atoms with van der Waals surface area (Å²) in [7, 11) is 3.53. The molecule has 1 saturated heterocycles. The number of rotatable bonds is 11. The summed E-state index contributed by atoms with van der Waals surface area (Å²) in [5.41, 5.74) is 0.252. The van der Waals surface area contributed by atoms with Gasteiger partial charge in [-0.05, 0) is 25.7 Å². The quantitative estimate of drug-likeness (QED) is 0.620.